The molecule has 0 spiro atoms. The molecule has 0 saturated carbocycles. The van der Waals surface area contributed by atoms with E-state index >= 15 is 0 Å². The molecule has 1 aliphatic heterocycles. The highest BCUT2D eigenvalue weighted by Gasteiger charge is 2.23. The van der Waals surface area contributed by atoms with Crippen molar-refractivity contribution in [3.63, 3.8) is 0 Å². The van der Waals surface area contributed by atoms with Crippen LogP contribution in [-0.4, -0.2) is 25.7 Å². The van der Waals surface area contributed by atoms with E-state index in [0.29, 0.717) is 5.92 Å². The second-order valence-corrected chi connectivity index (χ2v) is 7.63. The van der Waals surface area contributed by atoms with Crippen molar-refractivity contribution in [1.82, 2.24) is 0 Å². The fourth-order valence-corrected chi connectivity index (χ4v) is 4.50. The fourth-order valence-electron chi connectivity index (χ4n) is 1.66. The molecule has 0 aliphatic carbocycles. The van der Waals surface area contributed by atoms with Gasteiger partial charge in [0, 0.05) is 10.7 Å². The third-order valence-corrected chi connectivity index (χ3v) is 5.01. The third-order valence-electron chi connectivity index (χ3n) is 2.46. The molecule has 0 N–H and O–H groups in total. The lowest BCUT2D eigenvalue weighted by atomic mass is 9.93. The zero-order valence-corrected chi connectivity index (χ0v) is 10.1. The topological polar surface area (TPSA) is 34.1 Å². The number of hydrogen-bond donors (Lipinski definition) is 0. The van der Waals surface area contributed by atoms with Crippen LogP contribution >= 0.6 is 22.4 Å². The van der Waals surface area contributed by atoms with Gasteiger partial charge in [-0.25, -0.2) is 8.42 Å². The van der Waals surface area contributed by atoms with Crippen molar-refractivity contribution in [3.8, 4) is 0 Å². The Bertz CT molecular complexity index is 245. The van der Waals surface area contributed by atoms with Crippen LogP contribution in [0.25, 0.3) is 0 Å². The first-order valence-electron chi connectivity index (χ1n) is 4.49. The second-order valence-electron chi connectivity index (χ2n) is 3.66. The zero-order valence-electron chi connectivity index (χ0n) is 7.70. The number of halogens is 1. The summed E-state index contributed by atoms with van der Waals surface area (Å²) in [5.74, 6) is 3.17. The average molecular weight is 243 g/mol. The predicted molar refractivity (Wildman–Crippen MR) is 58.9 cm³/mol. The Morgan fingerprint density at radius 1 is 1.62 bits per heavy atom. The molecular formula is C8H15ClO2S2. The Morgan fingerprint density at radius 2 is 2.31 bits per heavy atom. The monoisotopic (exact) mass is 242 g/mol. The van der Waals surface area contributed by atoms with E-state index in [2.05, 4.69) is 0 Å². The summed E-state index contributed by atoms with van der Waals surface area (Å²) in [7, 11) is 1.90. The molecule has 1 saturated heterocycles. The van der Waals surface area contributed by atoms with Gasteiger partial charge < -0.3 is 0 Å². The van der Waals surface area contributed by atoms with Gasteiger partial charge in [0.1, 0.15) is 0 Å². The molecule has 13 heavy (non-hydrogen) atoms. The molecule has 0 amide bonds. The smallest absolute Gasteiger partial charge is 0.212 e. The zero-order chi connectivity index (χ0) is 9.90. The van der Waals surface area contributed by atoms with E-state index in [1.54, 1.807) is 0 Å². The van der Waals surface area contributed by atoms with Crippen LogP contribution < -0.4 is 0 Å². The van der Waals surface area contributed by atoms with E-state index in [4.69, 9.17) is 10.7 Å². The minimum atomic E-state index is -3.31. The van der Waals surface area contributed by atoms with Gasteiger partial charge in [0.2, 0.25) is 9.05 Å². The maximum absolute atomic E-state index is 10.8. The van der Waals surface area contributed by atoms with Gasteiger partial charge in [-0.3, -0.25) is 0 Å². The molecule has 0 radical (unpaired) electrons. The quantitative estimate of drug-likeness (QED) is 0.713. The molecule has 0 bridgehead atoms. The molecule has 0 aromatic rings. The summed E-state index contributed by atoms with van der Waals surface area (Å²) >= 11 is 1.92. The Morgan fingerprint density at radius 3 is 2.77 bits per heavy atom. The van der Waals surface area contributed by atoms with Crippen LogP contribution in [0, 0.1) is 11.8 Å². The Balaban J connectivity index is 2.42. The van der Waals surface area contributed by atoms with Crippen molar-refractivity contribution in [2.45, 2.75) is 19.8 Å². The summed E-state index contributed by atoms with van der Waals surface area (Å²) in [5.41, 5.74) is 0. The van der Waals surface area contributed by atoms with Crippen LogP contribution in [0.5, 0.6) is 0 Å². The number of thioether (sulfide) groups is 1. The molecule has 2 nitrogen and oxygen atoms in total. The van der Waals surface area contributed by atoms with Crippen LogP contribution in [0.3, 0.4) is 0 Å². The maximum atomic E-state index is 10.8. The van der Waals surface area contributed by atoms with E-state index < -0.39 is 9.05 Å². The first-order chi connectivity index (χ1) is 5.99. The standard InChI is InChI=1S/C8H15ClO2S2/c1-7(6-13(9,10)11)8-3-2-4-12-5-8/h7-8H,2-6H2,1H3. The van der Waals surface area contributed by atoms with Gasteiger partial charge in [0.25, 0.3) is 0 Å². The Kier molecular flexibility index (Phi) is 4.39. The van der Waals surface area contributed by atoms with Gasteiger partial charge in [-0.05, 0) is 36.2 Å². The summed E-state index contributed by atoms with van der Waals surface area (Å²) in [6.07, 6.45) is 2.36. The molecule has 1 aliphatic rings. The van der Waals surface area contributed by atoms with Crippen LogP contribution in [0.15, 0.2) is 0 Å². The maximum Gasteiger partial charge on any atom is 0.232 e. The van der Waals surface area contributed by atoms with Crippen LogP contribution in [0.4, 0.5) is 0 Å². The first-order valence-corrected chi connectivity index (χ1v) is 8.12. The van der Waals surface area contributed by atoms with Gasteiger partial charge >= 0.3 is 0 Å². The van der Waals surface area contributed by atoms with Crippen LogP contribution in [0.1, 0.15) is 19.8 Å². The van der Waals surface area contributed by atoms with E-state index in [1.807, 2.05) is 18.7 Å². The van der Waals surface area contributed by atoms with Crippen LogP contribution in [-0.2, 0) is 9.05 Å². The van der Waals surface area contributed by atoms with Crippen LogP contribution in [0.2, 0.25) is 0 Å². The predicted octanol–water partition coefficient (Wildman–Crippen LogP) is 2.33. The largest absolute Gasteiger partial charge is 0.232 e. The lowest BCUT2D eigenvalue weighted by Crippen LogP contribution is -2.23. The van der Waals surface area contributed by atoms with Gasteiger partial charge in [-0.2, -0.15) is 11.8 Å². The van der Waals surface area contributed by atoms with Gasteiger partial charge in [-0.1, -0.05) is 6.92 Å². The molecule has 78 valence electrons. The third kappa shape index (κ3) is 4.56. The van der Waals surface area contributed by atoms with Gasteiger partial charge in [0.05, 0.1) is 5.75 Å². The van der Waals surface area contributed by atoms with Crippen molar-refractivity contribution in [1.29, 1.82) is 0 Å². The Labute approximate surface area is 88.8 Å². The molecule has 1 rings (SSSR count). The second kappa shape index (κ2) is 4.89. The SMILES string of the molecule is CC(CS(=O)(=O)Cl)C1CCCSC1. The molecule has 1 heterocycles. The van der Waals surface area contributed by atoms with E-state index in [1.165, 1.54) is 12.2 Å². The summed E-state index contributed by atoms with van der Waals surface area (Å²) < 4.78 is 21.7. The van der Waals surface area contributed by atoms with Crippen molar-refractivity contribution < 1.29 is 8.42 Å². The van der Waals surface area contributed by atoms with Crippen molar-refractivity contribution in [2.75, 3.05) is 17.3 Å². The number of rotatable bonds is 3. The molecular weight excluding hydrogens is 228 g/mol. The molecule has 2 atom stereocenters. The summed E-state index contributed by atoms with van der Waals surface area (Å²) in [6, 6.07) is 0. The molecule has 0 aromatic carbocycles. The van der Waals surface area contributed by atoms with Crippen molar-refractivity contribution >= 4 is 31.5 Å². The lowest BCUT2D eigenvalue weighted by molar-refractivity contribution is 0.390. The average Bonchev–Trinajstić information content (AvgIpc) is 2.03. The molecule has 0 aromatic heterocycles. The van der Waals surface area contributed by atoms with E-state index in [9.17, 15) is 8.42 Å². The molecule has 5 heteroatoms. The van der Waals surface area contributed by atoms with Crippen molar-refractivity contribution in [3.05, 3.63) is 0 Å². The fraction of sp³-hybridized carbons (Fsp3) is 1.00. The minimum Gasteiger partial charge on any atom is -0.212 e. The highest BCUT2D eigenvalue weighted by Crippen LogP contribution is 2.29. The Hall–Kier alpha value is 0.590. The number of hydrogen-bond acceptors (Lipinski definition) is 3. The normalized spacial score (nSPS) is 27.1. The lowest BCUT2D eigenvalue weighted by Gasteiger charge is -2.26. The highest BCUT2D eigenvalue weighted by molar-refractivity contribution is 8.13. The molecule has 2 unspecified atom stereocenters. The van der Waals surface area contributed by atoms with E-state index in [0.717, 1.165) is 12.2 Å². The van der Waals surface area contributed by atoms with Crippen molar-refractivity contribution in [2.24, 2.45) is 11.8 Å². The summed E-state index contributed by atoms with van der Waals surface area (Å²) in [6.45, 7) is 1.98. The van der Waals surface area contributed by atoms with E-state index in [-0.39, 0.29) is 11.7 Å². The first kappa shape index (κ1) is 11.7. The summed E-state index contributed by atoms with van der Waals surface area (Å²) in [4.78, 5) is 0. The molecule has 1 fully saturated rings. The summed E-state index contributed by atoms with van der Waals surface area (Å²) in [5, 5.41) is 0. The van der Waals surface area contributed by atoms with Gasteiger partial charge in [0.15, 0.2) is 0 Å². The minimum absolute atomic E-state index is 0.125. The van der Waals surface area contributed by atoms with Gasteiger partial charge in [-0.15, -0.1) is 0 Å². The highest BCUT2D eigenvalue weighted by atomic mass is 35.7.